The standard InChI is InChI=1S/C14H23N/c1-2-6-12-7-5-8-13-11-14(12,13)15-9-3-4-10-15/h2,12-13H,1,3-11H2/t12-,13?,14-/m0/s1. The van der Waals surface area contributed by atoms with Crippen molar-refractivity contribution < 1.29 is 0 Å². The molecule has 3 rings (SSSR count). The third kappa shape index (κ3) is 1.39. The first kappa shape index (κ1) is 9.89. The lowest BCUT2D eigenvalue weighted by atomic mass is 9.81. The Bertz CT molecular complexity index is 254. The monoisotopic (exact) mass is 205 g/mol. The van der Waals surface area contributed by atoms with E-state index in [0.29, 0.717) is 5.54 Å². The molecular weight excluding hydrogens is 182 g/mol. The van der Waals surface area contributed by atoms with Crippen LogP contribution in [0.5, 0.6) is 0 Å². The van der Waals surface area contributed by atoms with E-state index in [1.165, 1.54) is 58.0 Å². The van der Waals surface area contributed by atoms with Gasteiger partial charge in [0.1, 0.15) is 0 Å². The SMILES string of the molecule is C=CC[C@H]1CCCC2C[C@@]21N1CCCC1. The van der Waals surface area contributed by atoms with Crippen LogP contribution in [-0.2, 0) is 0 Å². The Morgan fingerprint density at radius 1 is 1.20 bits per heavy atom. The van der Waals surface area contributed by atoms with E-state index in [0.717, 1.165) is 11.8 Å². The highest BCUT2D eigenvalue weighted by Crippen LogP contribution is 2.61. The van der Waals surface area contributed by atoms with Gasteiger partial charge in [0.25, 0.3) is 0 Å². The van der Waals surface area contributed by atoms with Gasteiger partial charge in [-0.15, -0.1) is 6.58 Å². The average molecular weight is 205 g/mol. The molecule has 3 fully saturated rings. The van der Waals surface area contributed by atoms with Crippen molar-refractivity contribution >= 4 is 0 Å². The quantitative estimate of drug-likeness (QED) is 0.639. The molecule has 0 radical (unpaired) electrons. The second-order valence-electron chi connectivity index (χ2n) is 5.74. The Balaban J connectivity index is 1.78. The van der Waals surface area contributed by atoms with Gasteiger partial charge in [0.05, 0.1) is 0 Å². The van der Waals surface area contributed by atoms with E-state index in [9.17, 15) is 0 Å². The number of allylic oxidation sites excluding steroid dienone is 1. The largest absolute Gasteiger partial charge is 0.297 e. The Labute approximate surface area is 93.5 Å². The minimum absolute atomic E-state index is 0.656. The van der Waals surface area contributed by atoms with Crippen LogP contribution in [0.15, 0.2) is 12.7 Å². The molecule has 1 nitrogen and oxygen atoms in total. The maximum atomic E-state index is 3.95. The van der Waals surface area contributed by atoms with Crippen LogP contribution in [0.25, 0.3) is 0 Å². The topological polar surface area (TPSA) is 3.24 Å². The van der Waals surface area contributed by atoms with Crippen LogP contribution in [0, 0.1) is 11.8 Å². The molecule has 2 saturated carbocycles. The summed E-state index contributed by atoms with van der Waals surface area (Å²) in [6.45, 7) is 6.71. The van der Waals surface area contributed by atoms with E-state index in [1.54, 1.807) is 0 Å². The summed E-state index contributed by atoms with van der Waals surface area (Å²) in [6.07, 6.45) is 12.2. The van der Waals surface area contributed by atoms with Gasteiger partial charge in [0, 0.05) is 5.54 Å². The number of fused-ring (bicyclic) bond motifs is 1. The normalized spacial score (nSPS) is 45.1. The van der Waals surface area contributed by atoms with E-state index in [4.69, 9.17) is 0 Å². The fourth-order valence-corrected chi connectivity index (χ4v) is 4.35. The van der Waals surface area contributed by atoms with Crippen molar-refractivity contribution in [1.29, 1.82) is 0 Å². The van der Waals surface area contributed by atoms with E-state index < -0.39 is 0 Å². The lowest BCUT2D eigenvalue weighted by Gasteiger charge is -2.39. The number of hydrogen-bond acceptors (Lipinski definition) is 1. The first-order chi connectivity index (χ1) is 7.38. The van der Waals surface area contributed by atoms with Crippen LogP contribution in [-0.4, -0.2) is 23.5 Å². The molecule has 0 aromatic heterocycles. The molecular formula is C14H23N. The minimum atomic E-state index is 0.656. The predicted molar refractivity (Wildman–Crippen MR) is 63.8 cm³/mol. The van der Waals surface area contributed by atoms with Crippen LogP contribution in [0.4, 0.5) is 0 Å². The number of nitrogens with zero attached hydrogens (tertiary/aromatic N) is 1. The number of likely N-dealkylation sites (tertiary alicyclic amines) is 1. The van der Waals surface area contributed by atoms with Gasteiger partial charge in [0.15, 0.2) is 0 Å². The van der Waals surface area contributed by atoms with Gasteiger partial charge in [-0.3, -0.25) is 4.90 Å². The van der Waals surface area contributed by atoms with Crippen LogP contribution in [0.1, 0.15) is 44.9 Å². The molecule has 0 spiro atoms. The molecule has 15 heavy (non-hydrogen) atoms. The Morgan fingerprint density at radius 3 is 2.73 bits per heavy atom. The summed E-state index contributed by atoms with van der Waals surface area (Å²) >= 11 is 0. The highest BCUT2D eigenvalue weighted by Gasteiger charge is 2.62. The number of rotatable bonds is 3. The third-order valence-electron chi connectivity index (χ3n) is 5.08. The smallest absolute Gasteiger partial charge is 0.0272 e. The molecule has 0 bridgehead atoms. The van der Waals surface area contributed by atoms with Crippen molar-refractivity contribution in [2.24, 2.45) is 11.8 Å². The molecule has 0 aromatic carbocycles. The fourth-order valence-electron chi connectivity index (χ4n) is 4.35. The molecule has 0 amide bonds. The zero-order chi connectivity index (χ0) is 10.3. The highest BCUT2D eigenvalue weighted by molar-refractivity contribution is 5.18. The summed E-state index contributed by atoms with van der Waals surface area (Å²) in [5.74, 6) is 1.99. The summed E-state index contributed by atoms with van der Waals surface area (Å²) in [5.41, 5.74) is 0.656. The van der Waals surface area contributed by atoms with Crippen LogP contribution >= 0.6 is 0 Å². The molecule has 0 N–H and O–H groups in total. The predicted octanol–water partition coefficient (Wildman–Crippen LogP) is 3.22. The fraction of sp³-hybridized carbons (Fsp3) is 0.857. The van der Waals surface area contributed by atoms with E-state index in [2.05, 4.69) is 17.6 Å². The van der Waals surface area contributed by atoms with Gasteiger partial charge in [-0.25, -0.2) is 0 Å². The molecule has 3 aliphatic rings. The lowest BCUT2D eigenvalue weighted by Crippen LogP contribution is -2.44. The molecule has 84 valence electrons. The summed E-state index contributed by atoms with van der Waals surface area (Å²) in [5, 5.41) is 0. The maximum absolute atomic E-state index is 3.95. The second-order valence-corrected chi connectivity index (χ2v) is 5.74. The van der Waals surface area contributed by atoms with Gasteiger partial charge >= 0.3 is 0 Å². The molecule has 1 heteroatoms. The Morgan fingerprint density at radius 2 is 2.00 bits per heavy atom. The average Bonchev–Trinajstić information content (AvgIpc) is 2.76. The van der Waals surface area contributed by atoms with E-state index >= 15 is 0 Å². The van der Waals surface area contributed by atoms with Gasteiger partial charge in [-0.1, -0.05) is 12.5 Å². The van der Waals surface area contributed by atoms with Crippen LogP contribution < -0.4 is 0 Å². The van der Waals surface area contributed by atoms with Crippen molar-refractivity contribution in [3.8, 4) is 0 Å². The first-order valence-corrected chi connectivity index (χ1v) is 6.74. The molecule has 1 heterocycles. The van der Waals surface area contributed by atoms with Gasteiger partial charge in [-0.05, 0) is 63.5 Å². The van der Waals surface area contributed by atoms with Crippen molar-refractivity contribution in [1.82, 2.24) is 4.90 Å². The van der Waals surface area contributed by atoms with Gasteiger partial charge in [-0.2, -0.15) is 0 Å². The summed E-state index contributed by atoms with van der Waals surface area (Å²) < 4.78 is 0. The van der Waals surface area contributed by atoms with Crippen molar-refractivity contribution in [3.63, 3.8) is 0 Å². The zero-order valence-corrected chi connectivity index (χ0v) is 9.75. The van der Waals surface area contributed by atoms with Crippen molar-refractivity contribution in [2.75, 3.05) is 13.1 Å². The summed E-state index contributed by atoms with van der Waals surface area (Å²) in [6, 6.07) is 0. The van der Waals surface area contributed by atoms with Gasteiger partial charge in [0.2, 0.25) is 0 Å². The Kier molecular flexibility index (Phi) is 2.39. The third-order valence-corrected chi connectivity index (χ3v) is 5.08. The number of hydrogen-bond donors (Lipinski definition) is 0. The van der Waals surface area contributed by atoms with Crippen molar-refractivity contribution in [3.05, 3.63) is 12.7 Å². The summed E-state index contributed by atoms with van der Waals surface area (Å²) in [4.78, 5) is 2.84. The highest BCUT2D eigenvalue weighted by atomic mass is 15.3. The van der Waals surface area contributed by atoms with E-state index in [1.807, 2.05) is 0 Å². The molecule has 3 atom stereocenters. The van der Waals surface area contributed by atoms with Gasteiger partial charge < -0.3 is 0 Å². The first-order valence-electron chi connectivity index (χ1n) is 6.74. The molecule has 2 aliphatic carbocycles. The van der Waals surface area contributed by atoms with Crippen LogP contribution in [0.3, 0.4) is 0 Å². The van der Waals surface area contributed by atoms with Crippen molar-refractivity contribution in [2.45, 2.75) is 50.5 Å². The molecule has 1 saturated heterocycles. The maximum Gasteiger partial charge on any atom is 0.0272 e. The van der Waals surface area contributed by atoms with E-state index in [-0.39, 0.29) is 0 Å². The minimum Gasteiger partial charge on any atom is -0.297 e. The Hall–Kier alpha value is -0.300. The second kappa shape index (κ2) is 3.62. The molecule has 1 unspecified atom stereocenters. The zero-order valence-electron chi connectivity index (χ0n) is 9.75. The molecule has 0 aromatic rings. The lowest BCUT2D eigenvalue weighted by molar-refractivity contribution is 0.106. The van der Waals surface area contributed by atoms with Crippen LogP contribution in [0.2, 0.25) is 0 Å². The summed E-state index contributed by atoms with van der Waals surface area (Å²) in [7, 11) is 0. The molecule has 1 aliphatic heterocycles.